The SMILES string of the molecule is Nc1nc(=O)n(-c2cccc3c2CCO3)c2nc(C(F)(F)F)ccc12. The van der Waals surface area contributed by atoms with E-state index in [0.29, 0.717) is 24.5 Å². The maximum Gasteiger partial charge on any atom is 0.433 e. The van der Waals surface area contributed by atoms with Crippen LogP contribution < -0.4 is 16.2 Å². The highest BCUT2D eigenvalue weighted by molar-refractivity contribution is 5.86. The summed E-state index contributed by atoms with van der Waals surface area (Å²) in [4.78, 5) is 19.8. The zero-order chi connectivity index (χ0) is 17.8. The summed E-state index contributed by atoms with van der Waals surface area (Å²) in [5.41, 5.74) is 4.73. The summed E-state index contributed by atoms with van der Waals surface area (Å²) in [7, 11) is 0. The average molecular weight is 348 g/mol. The van der Waals surface area contributed by atoms with Gasteiger partial charge in [-0.05, 0) is 24.3 Å². The number of nitrogen functional groups attached to an aromatic ring is 1. The third kappa shape index (κ3) is 2.39. The van der Waals surface area contributed by atoms with Gasteiger partial charge in [0.15, 0.2) is 5.65 Å². The van der Waals surface area contributed by atoms with Crippen LogP contribution in [0.25, 0.3) is 16.7 Å². The molecule has 0 fully saturated rings. The molecule has 0 amide bonds. The number of hydrogen-bond donors (Lipinski definition) is 1. The summed E-state index contributed by atoms with van der Waals surface area (Å²) in [6.45, 7) is 0.433. The molecule has 0 atom stereocenters. The second-order valence-electron chi connectivity index (χ2n) is 5.53. The number of benzene rings is 1. The fourth-order valence-corrected chi connectivity index (χ4v) is 2.91. The van der Waals surface area contributed by atoms with Crippen molar-refractivity contribution in [3.63, 3.8) is 0 Å². The standard InChI is InChI=1S/C16H11F3N4O2/c17-16(18,19)12-5-4-9-13(20)22-15(24)23(14(9)21-12)10-2-1-3-11-8(10)6-7-25-11/h1-5H,6-7H2,(H2,20,22,24). The van der Waals surface area contributed by atoms with Crippen molar-refractivity contribution in [1.82, 2.24) is 14.5 Å². The summed E-state index contributed by atoms with van der Waals surface area (Å²) in [6.07, 6.45) is -4.11. The normalized spacial score (nSPS) is 13.7. The number of ether oxygens (including phenoxy) is 1. The number of halogens is 3. The minimum atomic E-state index is -4.64. The number of nitrogens with two attached hydrogens (primary N) is 1. The molecule has 0 saturated carbocycles. The van der Waals surface area contributed by atoms with Gasteiger partial charge in [0.2, 0.25) is 0 Å². The first-order valence-electron chi connectivity index (χ1n) is 7.38. The first kappa shape index (κ1) is 15.4. The Hall–Kier alpha value is -3.10. The van der Waals surface area contributed by atoms with Crippen LogP contribution in [0.15, 0.2) is 35.1 Å². The smallest absolute Gasteiger partial charge is 0.433 e. The van der Waals surface area contributed by atoms with Crippen molar-refractivity contribution < 1.29 is 17.9 Å². The van der Waals surface area contributed by atoms with Crippen molar-refractivity contribution in [3.05, 3.63) is 52.1 Å². The van der Waals surface area contributed by atoms with Crippen LogP contribution in [0.2, 0.25) is 0 Å². The molecule has 0 aliphatic carbocycles. The van der Waals surface area contributed by atoms with E-state index >= 15 is 0 Å². The van der Waals surface area contributed by atoms with E-state index in [4.69, 9.17) is 10.5 Å². The van der Waals surface area contributed by atoms with E-state index < -0.39 is 17.6 Å². The Labute approximate surface area is 138 Å². The molecule has 4 rings (SSSR count). The molecule has 3 aromatic rings. The Morgan fingerprint density at radius 3 is 2.72 bits per heavy atom. The molecule has 25 heavy (non-hydrogen) atoms. The van der Waals surface area contributed by atoms with Gasteiger partial charge in [-0.2, -0.15) is 18.2 Å². The van der Waals surface area contributed by atoms with Gasteiger partial charge in [-0.15, -0.1) is 0 Å². The number of anilines is 1. The number of fused-ring (bicyclic) bond motifs is 2. The van der Waals surface area contributed by atoms with Crippen LogP contribution in [0, 0.1) is 0 Å². The number of hydrogen-bond acceptors (Lipinski definition) is 5. The van der Waals surface area contributed by atoms with Gasteiger partial charge in [0.25, 0.3) is 0 Å². The Morgan fingerprint density at radius 1 is 1.16 bits per heavy atom. The summed E-state index contributed by atoms with van der Waals surface area (Å²) in [5.74, 6) is 0.419. The van der Waals surface area contributed by atoms with Crippen LogP contribution >= 0.6 is 0 Å². The van der Waals surface area contributed by atoms with E-state index in [1.807, 2.05) is 0 Å². The van der Waals surface area contributed by atoms with E-state index in [9.17, 15) is 18.0 Å². The Balaban J connectivity index is 2.10. The summed E-state index contributed by atoms with van der Waals surface area (Å²) in [5, 5.41) is 0.170. The van der Waals surface area contributed by atoms with Crippen LogP contribution in [0.1, 0.15) is 11.3 Å². The second-order valence-corrected chi connectivity index (χ2v) is 5.53. The molecular formula is C16H11F3N4O2. The van der Waals surface area contributed by atoms with Crippen molar-refractivity contribution in [2.75, 3.05) is 12.3 Å². The zero-order valence-corrected chi connectivity index (χ0v) is 12.7. The monoisotopic (exact) mass is 348 g/mol. The predicted octanol–water partition coefficient (Wildman–Crippen LogP) is 2.32. The molecule has 0 unspecified atom stereocenters. The molecular weight excluding hydrogens is 337 g/mol. The van der Waals surface area contributed by atoms with Crippen LogP contribution in [-0.4, -0.2) is 21.1 Å². The van der Waals surface area contributed by atoms with E-state index in [0.717, 1.165) is 16.2 Å². The molecule has 2 aromatic heterocycles. The summed E-state index contributed by atoms with van der Waals surface area (Å²) >= 11 is 0. The lowest BCUT2D eigenvalue weighted by Gasteiger charge is -2.14. The fraction of sp³-hybridized carbons (Fsp3) is 0.188. The van der Waals surface area contributed by atoms with E-state index in [2.05, 4.69) is 9.97 Å². The molecule has 6 nitrogen and oxygen atoms in total. The predicted molar refractivity (Wildman–Crippen MR) is 83.7 cm³/mol. The molecule has 9 heteroatoms. The van der Waals surface area contributed by atoms with Crippen molar-refractivity contribution >= 4 is 16.9 Å². The number of pyridine rings is 1. The Kier molecular flexibility index (Phi) is 3.21. The van der Waals surface area contributed by atoms with Gasteiger partial charge in [-0.3, -0.25) is 0 Å². The molecule has 0 saturated heterocycles. The molecule has 128 valence electrons. The first-order chi connectivity index (χ1) is 11.9. The molecule has 1 aliphatic rings. The lowest BCUT2D eigenvalue weighted by molar-refractivity contribution is -0.141. The van der Waals surface area contributed by atoms with Crippen molar-refractivity contribution in [1.29, 1.82) is 0 Å². The molecule has 2 N–H and O–H groups in total. The van der Waals surface area contributed by atoms with E-state index in [1.54, 1.807) is 18.2 Å². The highest BCUT2D eigenvalue weighted by atomic mass is 19.4. The van der Waals surface area contributed by atoms with Crippen LogP contribution in [-0.2, 0) is 12.6 Å². The third-order valence-corrected chi connectivity index (χ3v) is 4.02. The Morgan fingerprint density at radius 2 is 1.96 bits per heavy atom. The van der Waals surface area contributed by atoms with Crippen molar-refractivity contribution in [3.8, 4) is 11.4 Å². The average Bonchev–Trinajstić information content (AvgIpc) is 3.03. The molecule has 0 bridgehead atoms. The lowest BCUT2D eigenvalue weighted by Crippen LogP contribution is -2.25. The number of rotatable bonds is 1. The minimum Gasteiger partial charge on any atom is -0.493 e. The number of nitrogens with zero attached hydrogens (tertiary/aromatic N) is 3. The van der Waals surface area contributed by atoms with Gasteiger partial charge < -0.3 is 10.5 Å². The van der Waals surface area contributed by atoms with Gasteiger partial charge in [0, 0.05) is 12.0 Å². The van der Waals surface area contributed by atoms with Gasteiger partial charge >= 0.3 is 11.9 Å². The van der Waals surface area contributed by atoms with Gasteiger partial charge in [0.1, 0.15) is 17.3 Å². The lowest BCUT2D eigenvalue weighted by atomic mass is 10.1. The van der Waals surface area contributed by atoms with E-state index in [-0.39, 0.29) is 16.9 Å². The molecule has 1 aliphatic heterocycles. The zero-order valence-electron chi connectivity index (χ0n) is 12.7. The summed E-state index contributed by atoms with van der Waals surface area (Å²) in [6, 6.07) is 6.99. The first-order valence-corrected chi connectivity index (χ1v) is 7.38. The molecule has 0 spiro atoms. The topological polar surface area (TPSA) is 83.0 Å². The highest BCUT2D eigenvalue weighted by Gasteiger charge is 2.33. The van der Waals surface area contributed by atoms with Crippen molar-refractivity contribution in [2.24, 2.45) is 0 Å². The van der Waals surface area contributed by atoms with Crippen LogP contribution in [0.3, 0.4) is 0 Å². The van der Waals surface area contributed by atoms with Crippen LogP contribution in [0.5, 0.6) is 5.75 Å². The quantitative estimate of drug-likeness (QED) is 0.730. The van der Waals surface area contributed by atoms with Gasteiger partial charge in [-0.1, -0.05) is 6.07 Å². The van der Waals surface area contributed by atoms with Gasteiger partial charge in [-0.25, -0.2) is 14.3 Å². The second kappa shape index (κ2) is 5.20. The Bertz CT molecular complexity index is 1060. The van der Waals surface area contributed by atoms with E-state index in [1.165, 1.54) is 6.07 Å². The van der Waals surface area contributed by atoms with Crippen molar-refractivity contribution in [2.45, 2.75) is 12.6 Å². The molecule has 0 radical (unpaired) electrons. The minimum absolute atomic E-state index is 0.165. The highest BCUT2D eigenvalue weighted by Crippen LogP contribution is 2.33. The third-order valence-electron chi connectivity index (χ3n) is 4.02. The van der Waals surface area contributed by atoms with Gasteiger partial charge in [0.05, 0.1) is 17.7 Å². The maximum atomic E-state index is 13.1. The summed E-state index contributed by atoms with van der Waals surface area (Å²) < 4.78 is 45.7. The largest absolute Gasteiger partial charge is 0.493 e. The maximum absolute atomic E-state index is 13.1. The molecule has 3 heterocycles. The molecule has 1 aromatic carbocycles. The fourth-order valence-electron chi connectivity index (χ4n) is 2.91. The number of alkyl halides is 3. The number of aromatic nitrogens is 3. The van der Waals surface area contributed by atoms with Crippen LogP contribution in [0.4, 0.5) is 19.0 Å².